The van der Waals surface area contributed by atoms with Crippen LogP contribution in [0.25, 0.3) is 0 Å². The number of hydrogen-bond donors (Lipinski definition) is 0. The number of Topliss-reactive ketones (excluding diaryl/α,β-unsaturated/α-hetero) is 1. The minimum Gasteiger partial charge on any atom is -0.309 e. The van der Waals surface area contributed by atoms with Gasteiger partial charge in [-0.2, -0.15) is 0 Å². The molecule has 2 aromatic carbocycles. The molecule has 7 nitrogen and oxygen atoms in total. The zero-order valence-electron chi connectivity index (χ0n) is 18.1. The van der Waals surface area contributed by atoms with Crippen LogP contribution in [0.4, 0.5) is 17.2 Å². The summed E-state index contributed by atoms with van der Waals surface area (Å²) in [4.78, 5) is 36.9. The zero-order chi connectivity index (χ0) is 22.1. The number of piperidine rings is 1. The summed E-state index contributed by atoms with van der Waals surface area (Å²) < 4.78 is 0. The Balaban J connectivity index is 1.62. The molecule has 0 spiro atoms. The molecule has 0 aliphatic carbocycles. The van der Waals surface area contributed by atoms with Crippen molar-refractivity contribution in [1.82, 2.24) is 15.0 Å². The van der Waals surface area contributed by atoms with Crippen LogP contribution in [0.5, 0.6) is 0 Å². The van der Waals surface area contributed by atoms with Crippen LogP contribution in [-0.2, 0) is 6.42 Å². The molecule has 1 aromatic heterocycles. The smallest absolute Gasteiger partial charge is 0.263 e. The van der Waals surface area contributed by atoms with Crippen molar-refractivity contribution in [2.75, 3.05) is 30.0 Å². The Morgan fingerprint density at radius 2 is 1.62 bits per heavy atom. The first kappa shape index (κ1) is 20.3. The molecule has 0 bridgehead atoms. The Labute approximate surface area is 187 Å². The van der Waals surface area contributed by atoms with Crippen LogP contribution < -0.4 is 9.91 Å². The van der Waals surface area contributed by atoms with Crippen molar-refractivity contribution in [3.8, 4) is 0 Å². The van der Waals surface area contributed by atoms with Gasteiger partial charge >= 0.3 is 0 Å². The number of ketones is 1. The number of anilines is 3. The molecule has 1 fully saturated rings. The van der Waals surface area contributed by atoms with E-state index in [-0.39, 0.29) is 23.9 Å². The Bertz CT molecular complexity index is 1160. The molecule has 0 radical (unpaired) electrons. The Kier molecular flexibility index (Phi) is 5.41. The first-order valence-electron chi connectivity index (χ1n) is 11.0. The lowest BCUT2D eigenvalue weighted by atomic mass is 10.1. The summed E-state index contributed by atoms with van der Waals surface area (Å²) in [5, 5.41) is 4.25. The third kappa shape index (κ3) is 3.65. The summed E-state index contributed by atoms with van der Waals surface area (Å²) in [6, 6.07) is 17.4. The van der Waals surface area contributed by atoms with Gasteiger partial charge < -0.3 is 4.90 Å². The number of hydrogen-bond acceptors (Lipinski definition) is 6. The van der Waals surface area contributed by atoms with Gasteiger partial charge in [-0.3, -0.25) is 14.6 Å². The highest BCUT2D eigenvalue weighted by Gasteiger charge is 2.34. The predicted octanol–water partition coefficient (Wildman–Crippen LogP) is 4.03. The summed E-state index contributed by atoms with van der Waals surface area (Å²) in [5.41, 5.74) is 2.98. The third-order valence-corrected chi connectivity index (χ3v) is 6.05. The van der Waals surface area contributed by atoms with Crippen molar-refractivity contribution in [3.05, 3.63) is 77.7 Å². The number of fused-ring (bicyclic) bond motifs is 2. The molecule has 3 heterocycles. The van der Waals surface area contributed by atoms with Crippen molar-refractivity contribution >= 4 is 28.9 Å². The largest absolute Gasteiger partial charge is 0.309 e. The van der Waals surface area contributed by atoms with E-state index >= 15 is 0 Å². The topological polar surface area (TPSA) is 69.6 Å². The molecule has 2 aliphatic rings. The average molecular weight is 428 g/mol. The maximum Gasteiger partial charge on any atom is 0.263 e. The number of benzene rings is 2. The molecular weight excluding hydrogens is 402 g/mol. The van der Waals surface area contributed by atoms with Crippen molar-refractivity contribution in [3.63, 3.8) is 0 Å². The fraction of sp³-hybridized carbons (Fsp3) is 0.280. The van der Waals surface area contributed by atoms with E-state index in [4.69, 9.17) is 0 Å². The number of amides is 1. The third-order valence-electron chi connectivity index (χ3n) is 6.05. The highest BCUT2D eigenvalue weighted by atomic mass is 16.2. The number of nitrogens with zero attached hydrogens (tertiary/aromatic N) is 5. The number of rotatable bonds is 4. The zero-order valence-corrected chi connectivity index (χ0v) is 18.1. The van der Waals surface area contributed by atoms with E-state index in [9.17, 15) is 9.59 Å². The lowest BCUT2D eigenvalue weighted by Crippen LogP contribution is -2.43. The summed E-state index contributed by atoms with van der Waals surface area (Å²) in [6.07, 6.45) is 5.05. The van der Waals surface area contributed by atoms with E-state index in [1.54, 1.807) is 11.9 Å². The number of aromatic nitrogens is 2. The normalized spacial score (nSPS) is 16.3. The summed E-state index contributed by atoms with van der Waals surface area (Å²) in [5.74, 6) is 0.245. The Morgan fingerprint density at radius 3 is 2.38 bits per heavy atom. The van der Waals surface area contributed by atoms with Crippen LogP contribution in [0.1, 0.15) is 45.8 Å². The molecule has 162 valence electrons. The van der Waals surface area contributed by atoms with Gasteiger partial charge in [-0.1, -0.05) is 48.9 Å². The van der Waals surface area contributed by atoms with Crippen LogP contribution in [0, 0.1) is 0 Å². The van der Waals surface area contributed by atoms with E-state index in [1.807, 2.05) is 59.6 Å². The molecule has 32 heavy (non-hydrogen) atoms. The molecule has 3 aromatic rings. The molecular formula is C25H25N5O2. The predicted molar refractivity (Wildman–Crippen MR) is 123 cm³/mol. The van der Waals surface area contributed by atoms with Crippen LogP contribution in [0.3, 0.4) is 0 Å². The molecule has 0 saturated carbocycles. The standard InChI is InChI=1S/C25H25N5O2/c1-28-20-12-6-7-13-21(20)30(29-14-8-3-9-15-29)24-19(25(28)32)17-26-23(27-24)22(31)16-18-10-4-2-5-11-18/h2,4-7,10-13,17H,3,8-9,14-16H2,1H3. The van der Waals surface area contributed by atoms with Crippen LogP contribution >= 0.6 is 0 Å². The van der Waals surface area contributed by atoms with Gasteiger partial charge in [-0.05, 0) is 30.5 Å². The second-order valence-corrected chi connectivity index (χ2v) is 8.20. The number of carbonyl (C=O) groups is 2. The average Bonchev–Trinajstić information content (AvgIpc) is 2.93. The fourth-order valence-electron chi connectivity index (χ4n) is 4.37. The van der Waals surface area contributed by atoms with Gasteiger partial charge in [-0.25, -0.2) is 15.0 Å². The highest BCUT2D eigenvalue weighted by molar-refractivity contribution is 6.13. The fourth-order valence-corrected chi connectivity index (χ4v) is 4.37. The lowest BCUT2D eigenvalue weighted by molar-refractivity contribution is 0.0973. The van der Waals surface area contributed by atoms with Crippen molar-refractivity contribution < 1.29 is 9.59 Å². The van der Waals surface area contributed by atoms with Gasteiger partial charge in [0.25, 0.3) is 5.91 Å². The molecule has 1 saturated heterocycles. The molecule has 0 atom stereocenters. The monoisotopic (exact) mass is 427 g/mol. The second kappa shape index (κ2) is 8.51. The molecule has 0 unspecified atom stereocenters. The maximum atomic E-state index is 13.3. The van der Waals surface area contributed by atoms with Crippen LogP contribution in [-0.4, -0.2) is 46.8 Å². The second-order valence-electron chi connectivity index (χ2n) is 8.20. The van der Waals surface area contributed by atoms with Gasteiger partial charge in [0, 0.05) is 32.8 Å². The summed E-state index contributed by atoms with van der Waals surface area (Å²) >= 11 is 0. The minimum atomic E-state index is -0.186. The molecule has 2 aliphatic heterocycles. The van der Waals surface area contributed by atoms with Gasteiger partial charge in [0.1, 0.15) is 5.56 Å². The minimum absolute atomic E-state index is 0.129. The lowest BCUT2D eigenvalue weighted by Gasteiger charge is -2.38. The summed E-state index contributed by atoms with van der Waals surface area (Å²) in [7, 11) is 1.76. The van der Waals surface area contributed by atoms with E-state index in [0.717, 1.165) is 42.9 Å². The molecule has 5 rings (SSSR count). The van der Waals surface area contributed by atoms with E-state index < -0.39 is 0 Å². The quantitative estimate of drug-likeness (QED) is 0.586. The molecule has 0 N–H and O–H groups in total. The Morgan fingerprint density at radius 1 is 0.938 bits per heavy atom. The van der Waals surface area contributed by atoms with Gasteiger partial charge in [0.2, 0.25) is 5.78 Å². The van der Waals surface area contributed by atoms with Gasteiger partial charge in [0.15, 0.2) is 11.6 Å². The Hall–Kier alpha value is -3.58. The molecule has 7 heteroatoms. The number of hydrazine groups is 1. The number of carbonyl (C=O) groups excluding carboxylic acids is 2. The van der Waals surface area contributed by atoms with Crippen molar-refractivity contribution in [2.45, 2.75) is 25.7 Å². The first-order chi connectivity index (χ1) is 15.6. The maximum absolute atomic E-state index is 13.3. The molecule has 1 amide bonds. The van der Waals surface area contributed by atoms with E-state index in [1.165, 1.54) is 12.6 Å². The van der Waals surface area contributed by atoms with Crippen LogP contribution in [0.15, 0.2) is 60.8 Å². The van der Waals surface area contributed by atoms with Crippen LogP contribution in [0.2, 0.25) is 0 Å². The van der Waals surface area contributed by atoms with Gasteiger partial charge in [-0.15, -0.1) is 0 Å². The van der Waals surface area contributed by atoms with E-state index in [2.05, 4.69) is 15.0 Å². The van der Waals surface area contributed by atoms with E-state index in [0.29, 0.717) is 11.4 Å². The highest BCUT2D eigenvalue weighted by Crippen LogP contribution is 2.40. The summed E-state index contributed by atoms with van der Waals surface area (Å²) in [6.45, 7) is 1.73. The SMILES string of the molecule is CN1C(=O)c2cnc(C(=O)Cc3ccccc3)nc2N(N2CCCCC2)c2ccccc21. The number of para-hydroxylation sites is 2. The first-order valence-corrected chi connectivity index (χ1v) is 11.0. The van der Waals surface area contributed by atoms with Gasteiger partial charge in [0.05, 0.1) is 11.4 Å². The van der Waals surface area contributed by atoms with Crippen molar-refractivity contribution in [2.24, 2.45) is 0 Å². The van der Waals surface area contributed by atoms with Crippen molar-refractivity contribution in [1.29, 1.82) is 0 Å².